The number of hydrogen-bond acceptors (Lipinski definition) is 0. The lowest BCUT2D eigenvalue weighted by atomic mass is 9.87. The highest BCUT2D eigenvalue weighted by Gasteiger charge is 2.27. The Morgan fingerprint density at radius 3 is 2.30 bits per heavy atom. The lowest BCUT2D eigenvalue weighted by Gasteiger charge is -2.16. The third-order valence-electron chi connectivity index (χ3n) is 5.79. The van der Waals surface area contributed by atoms with E-state index in [-0.39, 0.29) is 0 Å². The zero-order valence-electron chi connectivity index (χ0n) is 15.7. The third kappa shape index (κ3) is 2.50. The minimum atomic E-state index is 1.02. The number of pyridine rings is 1. The van der Waals surface area contributed by atoms with Crippen LogP contribution in [0.3, 0.4) is 0 Å². The molecule has 4 aromatic rings. The van der Waals surface area contributed by atoms with Gasteiger partial charge in [-0.25, -0.2) is 4.57 Å². The molecule has 0 saturated carbocycles. The summed E-state index contributed by atoms with van der Waals surface area (Å²) in [6, 6.07) is 28.5. The van der Waals surface area contributed by atoms with Gasteiger partial charge in [-0.2, -0.15) is 0 Å². The van der Waals surface area contributed by atoms with Gasteiger partial charge in [-0.15, -0.1) is 0 Å². The first-order valence-electron chi connectivity index (χ1n) is 9.49. The Morgan fingerprint density at radius 2 is 1.48 bits per heavy atom. The fourth-order valence-electron chi connectivity index (χ4n) is 4.39. The van der Waals surface area contributed by atoms with Crippen LogP contribution in [-0.2, 0) is 13.5 Å². The Bertz CT molecular complexity index is 1160. The lowest BCUT2D eigenvalue weighted by molar-refractivity contribution is -0.660. The van der Waals surface area contributed by atoms with Gasteiger partial charge < -0.3 is 0 Å². The molecule has 1 aliphatic rings. The summed E-state index contributed by atoms with van der Waals surface area (Å²) in [6.07, 6.45) is 3.14. The second-order valence-corrected chi connectivity index (χ2v) is 7.35. The number of fused-ring (bicyclic) bond motifs is 3. The van der Waals surface area contributed by atoms with Crippen LogP contribution < -0.4 is 4.57 Å². The van der Waals surface area contributed by atoms with Crippen molar-refractivity contribution in [1.29, 1.82) is 0 Å². The van der Waals surface area contributed by atoms with Gasteiger partial charge in [-0.05, 0) is 64.4 Å². The van der Waals surface area contributed by atoms with Gasteiger partial charge in [0.2, 0.25) is 5.69 Å². The third-order valence-corrected chi connectivity index (χ3v) is 5.79. The van der Waals surface area contributed by atoms with E-state index in [1.54, 1.807) is 0 Å². The van der Waals surface area contributed by atoms with Gasteiger partial charge in [0.1, 0.15) is 7.05 Å². The summed E-state index contributed by atoms with van der Waals surface area (Å²) in [5.74, 6) is 0. The van der Waals surface area contributed by atoms with Gasteiger partial charge in [0.15, 0.2) is 6.20 Å². The van der Waals surface area contributed by atoms with E-state index >= 15 is 0 Å². The van der Waals surface area contributed by atoms with Gasteiger partial charge in [0.25, 0.3) is 0 Å². The molecule has 0 unspecified atom stereocenters. The molecule has 1 aliphatic carbocycles. The van der Waals surface area contributed by atoms with Crippen LogP contribution in [0.1, 0.15) is 16.7 Å². The predicted octanol–water partition coefficient (Wildman–Crippen LogP) is 5.72. The van der Waals surface area contributed by atoms with E-state index in [0.29, 0.717) is 0 Å². The molecule has 5 rings (SSSR count). The molecule has 1 aromatic heterocycles. The molecule has 130 valence electrons. The number of nitrogens with zero attached hydrogens (tertiary/aromatic N) is 1. The van der Waals surface area contributed by atoms with Crippen molar-refractivity contribution < 1.29 is 4.57 Å². The van der Waals surface area contributed by atoms with Crippen LogP contribution in [-0.4, -0.2) is 0 Å². The molecule has 1 heterocycles. The highest BCUT2D eigenvalue weighted by molar-refractivity contribution is 5.94. The molecule has 1 nitrogen and oxygen atoms in total. The fourth-order valence-corrected chi connectivity index (χ4v) is 4.39. The Hall–Kier alpha value is -3.19. The van der Waals surface area contributed by atoms with Crippen LogP contribution in [0.2, 0.25) is 0 Å². The van der Waals surface area contributed by atoms with E-state index in [4.69, 9.17) is 0 Å². The summed E-state index contributed by atoms with van der Waals surface area (Å²) in [5, 5.41) is 0. The average molecular weight is 348 g/mol. The smallest absolute Gasteiger partial charge is 0.201 e. The molecular formula is C26H22N+. The Morgan fingerprint density at radius 1 is 0.741 bits per heavy atom. The van der Waals surface area contributed by atoms with E-state index in [1.165, 1.54) is 50.2 Å². The Labute approximate surface area is 160 Å². The average Bonchev–Trinajstić information content (AvgIpc) is 3.10. The van der Waals surface area contributed by atoms with E-state index in [0.717, 1.165) is 6.42 Å². The van der Waals surface area contributed by atoms with Gasteiger partial charge in [0.05, 0.1) is 0 Å². The molecule has 0 bridgehead atoms. The first-order chi connectivity index (χ1) is 13.2. The summed E-state index contributed by atoms with van der Waals surface area (Å²) in [6.45, 7) is 2.28. The second-order valence-electron chi connectivity index (χ2n) is 7.35. The summed E-state index contributed by atoms with van der Waals surface area (Å²) >= 11 is 0. The first-order valence-corrected chi connectivity index (χ1v) is 9.49. The van der Waals surface area contributed by atoms with E-state index in [2.05, 4.69) is 104 Å². The minimum absolute atomic E-state index is 1.02. The number of aromatic nitrogens is 1. The normalized spacial score (nSPS) is 11.9. The summed E-state index contributed by atoms with van der Waals surface area (Å²) < 4.78 is 2.21. The predicted molar refractivity (Wildman–Crippen MR) is 111 cm³/mol. The summed E-state index contributed by atoms with van der Waals surface area (Å²) in [4.78, 5) is 0. The van der Waals surface area contributed by atoms with E-state index in [9.17, 15) is 0 Å². The molecule has 0 atom stereocenters. The second kappa shape index (κ2) is 6.21. The van der Waals surface area contributed by atoms with Crippen molar-refractivity contribution >= 4 is 0 Å². The van der Waals surface area contributed by atoms with Crippen molar-refractivity contribution in [3.8, 4) is 33.5 Å². The Kier molecular flexibility index (Phi) is 3.68. The maximum Gasteiger partial charge on any atom is 0.212 e. The van der Waals surface area contributed by atoms with Gasteiger partial charge in [-0.1, -0.05) is 54.6 Å². The minimum Gasteiger partial charge on any atom is -0.201 e. The maximum atomic E-state index is 2.39. The van der Waals surface area contributed by atoms with Crippen LogP contribution in [0.5, 0.6) is 0 Å². The molecule has 27 heavy (non-hydrogen) atoms. The molecule has 0 amide bonds. The van der Waals surface area contributed by atoms with E-state index in [1.807, 2.05) is 0 Å². The molecule has 1 heteroatoms. The monoisotopic (exact) mass is 348 g/mol. The molecule has 0 aliphatic heterocycles. The van der Waals surface area contributed by atoms with Gasteiger partial charge >= 0.3 is 0 Å². The Balaban J connectivity index is 1.86. The highest BCUT2D eigenvalue weighted by atomic mass is 14.9. The number of rotatable bonds is 2. The topological polar surface area (TPSA) is 3.88 Å². The van der Waals surface area contributed by atoms with Crippen molar-refractivity contribution in [2.75, 3.05) is 0 Å². The van der Waals surface area contributed by atoms with Crippen LogP contribution in [0.15, 0.2) is 85.1 Å². The van der Waals surface area contributed by atoms with Gasteiger partial charge in [0, 0.05) is 17.7 Å². The molecule has 0 N–H and O–H groups in total. The van der Waals surface area contributed by atoms with Crippen LogP contribution >= 0.6 is 0 Å². The summed E-state index contributed by atoms with van der Waals surface area (Å²) in [5.41, 5.74) is 12.3. The van der Waals surface area contributed by atoms with Crippen molar-refractivity contribution in [3.05, 3.63) is 102 Å². The van der Waals surface area contributed by atoms with E-state index < -0.39 is 0 Å². The van der Waals surface area contributed by atoms with Gasteiger partial charge in [-0.3, -0.25) is 0 Å². The van der Waals surface area contributed by atoms with Crippen molar-refractivity contribution in [1.82, 2.24) is 0 Å². The SMILES string of the molecule is Cc1c(-c2cccc[n+]2C)cc(-c2ccccc2)c2c1Cc1ccccc1-2. The molecule has 0 fully saturated rings. The molecule has 0 saturated heterocycles. The quantitative estimate of drug-likeness (QED) is 0.359. The van der Waals surface area contributed by atoms with Crippen molar-refractivity contribution in [2.45, 2.75) is 13.3 Å². The number of hydrogen-bond donors (Lipinski definition) is 0. The lowest BCUT2D eigenvalue weighted by Crippen LogP contribution is -2.30. The van der Waals surface area contributed by atoms with Crippen molar-refractivity contribution in [2.24, 2.45) is 7.05 Å². The fraction of sp³-hybridized carbons (Fsp3) is 0.115. The highest BCUT2D eigenvalue weighted by Crippen LogP contribution is 2.46. The zero-order valence-corrected chi connectivity index (χ0v) is 15.7. The molecular weight excluding hydrogens is 326 g/mol. The zero-order chi connectivity index (χ0) is 18.4. The molecule has 0 spiro atoms. The van der Waals surface area contributed by atoms with Crippen LogP contribution in [0.4, 0.5) is 0 Å². The number of aryl methyl sites for hydroxylation is 1. The largest absolute Gasteiger partial charge is 0.212 e. The summed E-state index contributed by atoms with van der Waals surface area (Å²) in [7, 11) is 2.12. The standard InChI is InChI=1S/C26H22N/c1-18-22(25-14-8-9-15-27(25)2)17-24(19-10-4-3-5-11-19)26-21-13-7-6-12-20(21)16-23(18)26/h3-15,17H,16H2,1-2H3/q+1. The molecule has 0 radical (unpaired) electrons. The van der Waals surface area contributed by atoms with Crippen LogP contribution in [0.25, 0.3) is 33.5 Å². The maximum absolute atomic E-state index is 2.39. The molecule has 3 aromatic carbocycles. The number of benzene rings is 3. The van der Waals surface area contributed by atoms with Crippen molar-refractivity contribution in [3.63, 3.8) is 0 Å². The van der Waals surface area contributed by atoms with Crippen LogP contribution in [0, 0.1) is 6.92 Å². The first kappa shape index (κ1) is 16.0.